The van der Waals surface area contributed by atoms with Gasteiger partial charge in [0.25, 0.3) is 0 Å². The number of carbonyl (C=O) groups excluding carboxylic acids is 1. The molecule has 3 nitrogen and oxygen atoms in total. The second-order valence-corrected chi connectivity index (χ2v) is 5.46. The van der Waals surface area contributed by atoms with Crippen LogP contribution in [0.25, 0.3) is 0 Å². The summed E-state index contributed by atoms with van der Waals surface area (Å²) in [5, 5.41) is 0. The van der Waals surface area contributed by atoms with Crippen LogP contribution in [-0.4, -0.2) is 34.9 Å². The van der Waals surface area contributed by atoms with E-state index in [2.05, 4.69) is 18.7 Å². The predicted molar refractivity (Wildman–Crippen MR) is 69.1 cm³/mol. The number of hydrogen-bond donors (Lipinski definition) is 0. The third kappa shape index (κ3) is 2.78. The van der Waals surface area contributed by atoms with Crippen molar-refractivity contribution < 1.29 is 4.79 Å². The first-order valence-corrected chi connectivity index (χ1v) is 6.45. The third-order valence-corrected chi connectivity index (χ3v) is 3.85. The second-order valence-electron chi connectivity index (χ2n) is 5.46. The Morgan fingerprint density at radius 1 is 1.53 bits per heavy atom. The van der Waals surface area contributed by atoms with Gasteiger partial charge in [0.1, 0.15) is 0 Å². The molecule has 2 heterocycles. The highest BCUT2D eigenvalue weighted by Gasteiger charge is 2.26. The third-order valence-electron chi connectivity index (χ3n) is 3.85. The van der Waals surface area contributed by atoms with E-state index in [4.69, 9.17) is 0 Å². The van der Waals surface area contributed by atoms with Crippen LogP contribution in [-0.2, 0) is 7.05 Å². The summed E-state index contributed by atoms with van der Waals surface area (Å²) in [4.78, 5) is 14.4. The maximum Gasteiger partial charge on any atom is 0.193 e. The Balaban J connectivity index is 1.91. The predicted octanol–water partition coefficient (Wildman–Crippen LogP) is 2.19. The summed E-state index contributed by atoms with van der Waals surface area (Å²) in [6.45, 7) is 7.26. The number of nitrogens with zero attached hydrogens (tertiary/aromatic N) is 2. The van der Waals surface area contributed by atoms with Gasteiger partial charge in [-0.05, 0) is 36.9 Å². The van der Waals surface area contributed by atoms with Crippen molar-refractivity contribution in [3.05, 3.63) is 24.0 Å². The standard InChI is InChI=1S/C14H22N2O/c1-11(2)12-6-8-16(9-12)10-14(17)13-5-4-7-15(13)3/h4-5,7,11-12H,6,8-10H2,1-3H3. The normalized spacial score (nSPS) is 21.3. The Kier molecular flexibility index (Phi) is 3.67. The van der Waals surface area contributed by atoms with Gasteiger partial charge in [-0.3, -0.25) is 9.69 Å². The number of likely N-dealkylation sites (tertiary alicyclic amines) is 1. The molecule has 0 saturated carbocycles. The van der Waals surface area contributed by atoms with Crippen molar-refractivity contribution in [3.63, 3.8) is 0 Å². The molecule has 17 heavy (non-hydrogen) atoms. The zero-order valence-electron chi connectivity index (χ0n) is 11.0. The van der Waals surface area contributed by atoms with Crippen LogP contribution in [0.2, 0.25) is 0 Å². The Morgan fingerprint density at radius 2 is 2.29 bits per heavy atom. The van der Waals surface area contributed by atoms with Crippen LogP contribution >= 0.6 is 0 Å². The van der Waals surface area contributed by atoms with Gasteiger partial charge in [-0.15, -0.1) is 0 Å². The number of ketones is 1. The zero-order valence-corrected chi connectivity index (χ0v) is 11.0. The van der Waals surface area contributed by atoms with Crippen molar-refractivity contribution in [1.29, 1.82) is 0 Å². The van der Waals surface area contributed by atoms with Crippen LogP contribution in [0.4, 0.5) is 0 Å². The van der Waals surface area contributed by atoms with Crippen LogP contribution < -0.4 is 0 Å². The fraction of sp³-hybridized carbons (Fsp3) is 0.643. The second kappa shape index (κ2) is 5.05. The molecule has 1 unspecified atom stereocenters. The summed E-state index contributed by atoms with van der Waals surface area (Å²) < 4.78 is 1.90. The number of rotatable bonds is 4. The first-order valence-electron chi connectivity index (χ1n) is 6.45. The van der Waals surface area contributed by atoms with Crippen molar-refractivity contribution in [2.75, 3.05) is 19.6 Å². The van der Waals surface area contributed by atoms with Gasteiger partial charge in [-0.25, -0.2) is 0 Å². The lowest BCUT2D eigenvalue weighted by molar-refractivity contribution is 0.0934. The first kappa shape index (κ1) is 12.4. The summed E-state index contributed by atoms with van der Waals surface area (Å²) in [6, 6.07) is 3.83. The van der Waals surface area contributed by atoms with E-state index in [1.165, 1.54) is 6.42 Å². The van der Waals surface area contributed by atoms with Crippen molar-refractivity contribution in [1.82, 2.24) is 9.47 Å². The molecule has 0 aliphatic carbocycles. The lowest BCUT2D eigenvalue weighted by Crippen LogP contribution is -2.29. The number of carbonyl (C=O) groups is 1. The quantitative estimate of drug-likeness (QED) is 0.746. The number of aryl methyl sites for hydroxylation is 1. The molecule has 1 fully saturated rings. The molecule has 94 valence electrons. The van der Waals surface area contributed by atoms with E-state index in [0.29, 0.717) is 6.54 Å². The molecule has 0 spiro atoms. The average molecular weight is 234 g/mol. The van der Waals surface area contributed by atoms with Crippen LogP contribution in [0, 0.1) is 11.8 Å². The molecule has 0 N–H and O–H groups in total. The van der Waals surface area contributed by atoms with Gasteiger partial charge in [-0.2, -0.15) is 0 Å². The minimum absolute atomic E-state index is 0.238. The maximum atomic E-state index is 12.1. The zero-order chi connectivity index (χ0) is 12.4. The first-order chi connectivity index (χ1) is 8.08. The van der Waals surface area contributed by atoms with E-state index in [1.807, 2.05) is 29.9 Å². The molecular weight excluding hydrogens is 212 g/mol. The van der Waals surface area contributed by atoms with Crippen molar-refractivity contribution in [2.24, 2.45) is 18.9 Å². The molecule has 1 aromatic heterocycles. The number of hydrogen-bond acceptors (Lipinski definition) is 2. The van der Waals surface area contributed by atoms with E-state index < -0.39 is 0 Å². The highest BCUT2D eigenvalue weighted by molar-refractivity contribution is 5.96. The van der Waals surface area contributed by atoms with Crippen LogP contribution in [0.5, 0.6) is 0 Å². The molecule has 1 saturated heterocycles. The Hall–Kier alpha value is -1.09. The topological polar surface area (TPSA) is 25.2 Å². The molecule has 1 aromatic rings. The van der Waals surface area contributed by atoms with Gasteiger partial charge in [0.15, 0.2) is 5.78 Å². The molecule has 0 amide bonds. The number of aromatic nitrogens is 1. The Bertz CT molecular complexity index is 395. The van der Waals surface area contributed by atoms with Gasteiger partial charge in [0.05, 0.1) is 12.2 Å². The highest BCUT2D eigenvalue weighted by Crippen LogP contribution is 2.23. The van der Waals surface area contributed by atoms with Crippen LogP contribution in [0.1, 0.15) is 30.8 Å². The Labute approximate surface area is 103 Å². The largest absolute Gasteiger partial charge is 0.348 e. The minimum Gasteiger partial charge on any atom is -0.348 e. The summed E-state index contributed by atoms with van der Waals surface area (Å²) in [6.07, 6.45) is 3.16. The summed E-state index contributed by atoms with van der Waals surface area (Å²) >= 11 is 0. The van der Waals surface area contributed by atoms with Crippen LogP contribution in [0.3, 0.4) is 0 Å². The molecular formula is C14H22N2O. The van der Waals surface area contributed by atoms with Crippen molar-refractivity contribution >= 4 is 5.78 Å². The summed E-state index contributed by atoms with van der Waals surface area (Å²) in [7, 11) is 1.92. The lowest BCUT2D eigenvalue weighted by Gasteiger charge is -2.17. The fourth-order valence-electron chi connectivity index (χ4n) is 2.59. The molecule has 0 bridgehead atoms. The van der Waals surface area contributed by atoms with Crippen LogP contribution in [0.15, 0.2) is 18.3 Å². The van der Waals surface area contributed by atoms with E-state index in [0.717, 1.165) is 30.6 Å². The van der Waals surface area contributed by atoms with E-state index in [1.54, 1.807) is 0 Å². The lowest BCUT2D eigenvalue weighted by atomic mass is 9.95. The average Bonchev–Trinajstić information content (AvgIpc) is 2.86. The molecule has 2 rings (SSSR count). The minimum atomic E-state index is 0.238. The molecule has 3 heteroatoms. The van der Waals surface area contributed by atoms with Crippen molar-refractivity contribution in [3.8, 4) is 0 Å². The van der Waals surface area contributed by atoms with E-state index >= 15 is 0 Å². The molecule has 1 atom stereocenters. The molecule has 0 radical (unpaired) electrons. The number of Topliss-reactive ketones (excluding diaryl/α,β-unsaturated/α-hetero) is 1. The van der Waals surface area contributed by atoms with Crippen molar-refractivity contribution in [2.45, 2.75) is 20.3 Å². The van der Waals surface area contributed by atoms with Gasteiger partial charge in [0.2, 0.25) is 0 Å². The fourth-order valence-corrected chi connectivity index (χ4v) is 2.59. The van der Waals surface area contributed by atoms with E-state index in [-0.39, 0.29) is 5.78 Å². The molecule has 1 aliphatic rings. The smallest absolute Gasteiger partial charge is 0.193 e. The molecule has 0 aromatic carbocycles. The molecule has 1 aliphatic heterocycles. The maximum absolute atomic E-state index is 12.1. The van der Waals surface area contributed by atoms with Gasteiger partial charge >= 0.3 is 0 Å². The Morgan fingerprint density at radius 3 is 2.82 bits per heavy atom. The van der Waals surface area contributed by atoms with Gasteiger partial charge < -0.3 is 4.57 Å². The van der Waals surface area contributed by atoms with Gasteiger partial charge in [0, 0.05) is 19.8 Å². The highest BCUT2D eigenvalue weighted by atomic mass is 16.1. The summed E-state index contributed by atoms with van der Waals surface area (Å²) in [5.41, 5.74) is 0.818. The summed E-state index contributed by atoms with van der Waals surface area (Å²) in [5.74, 6) is 1.73. The monoisotopic (exact) mass is 234 g/mol. The van der Waals surface area contributed by atoms with E-state index in [9.17, 15) is 4.79 Å². The SMILES string of the molecule is CC(C)C1CCN(CC(=O)c2cccn2C)C1. The van der Waals surface area contributed by atoms with Gasteiger partial charge in [-0.1, -0.05) is 13.8 Å².